The Balaban J connectivity index is 2.26. The van der Waals surface area contributed by atoms with Crippen LogP contribution in [0.2, 0.25) is 0 Å². The molecule has 1 fully saturated rings. The maximum atomic E-state index is 9.55. The van der Waals surface area contributed by atoms with E-state index in [1.54, 1.807) is 0 Å². The van der Waals surface area contributed by atoms with Gasteiger partial charge in [-0.15, -0.1) is 0 Å². The van der Waals surface area contributed by atoms with Gasteiger partial charge in [-0.1, -0.05) is 6.07 Å². The molecule has 3 atom stereocenters. The van der Waals surface area contributed by atoms with Gasteiger partial charge < -0.3 is 25.2 Å². The monoisotopic (exact) mass is 212 g/mol. The molecular formula is C10H12O5. The highest BCUT2D eigenvalue weighted by Crippen LogP contribution is 2.34. The molecule has 1 aliphatic heterocycles. The van der Waals surface area contributed by atoms with Crippen molar-refractivity contribution >= 4 is 0 Å². The number of hydrogen-bond donors (Lipinski definition) is 4. The molecule has 1 saturated heterocycles. The van der Waals surface area contributed by atoms with Crippen LogP contribution in [0.25, 0.3) is 0 Å². The minimum Gasteiger partial charge on any atom is -0.504 e. The zero-order valence-corrected chi connectivity index (χ0v) is 7.87. The first kappa shape index (κ1) is 10.2. The van der Waals surface area contributed by atoms with Gasteiger partial charge in [0, 0.05) is 0 Å². The van der Waals surface area contributed by atoms with Crippen molar-refractivity contribution in [2.24, 2.45) is 0 Å². The van der Waals surface area contributed by atoms with Crippen LogP contribution in [0, 0.1) is 0 Å². The van der Waals surface area contributed by atoms with E-state index in [9.17, 15) is 15.3 Å². The van der Waals surface area contributed by atoms with Gasteiger partial charge in [0.25, 0.3) is 0 Å². The van der Waals surface area contributed by atoms with Crippen LogP contribution in [-0.4, -0.2) is 39.2 Å². The second-order valence-electron chi connectivity index (χ2n) is 3.56. The third-order valence-corrected chi connectivity index (χ3v) is 2.48. The van der Waals surface area contributed by atoms with Crippen LogP contribution < -0.4 is 0 Å². The zero-order chi connectivity index (χ0) is 11.0. The van der Waals surface area contributed by atoms with Gasteiger partial charge in [-0.25, -0.2) is 0 Å². The molecule has 1 aromatic rings. The van der Waals surface area contributed by atoms with Crippen LogP contribution in [0.15, 0.2) is 18.2 Å². The van der Waals surface area contributed by atoms with Crippen molar-refractivity contribution in [3.63, 3.8) is 0 Å². The maximum Gasteiger partial charge on any atom is 0.157 e. The van der Waals surface area contributed by atoms with E-state index < -0.39 is 18.3 Å². The molecule has 1 aromatic carbocycles. The fourth-order valence-electron chi connectivity index (χ4n) is 1.61. The van der Waals surface area contributed by atoms with Gasteiger partial charge in [-0.3, -0.25) is 0 Å². The molecule has 0 unspecified atom stereocenters. The fraction of sp³-hybridized carbons (Fsp3) is 0.400. The minimum atomic E-state index is -1.01. The maximum absolute atomic E-state index is 9.55. The highest BCUT2D eigenvalue weighted by Gasteiger charge is 2.35. The molecule has 0 bridgehead atoms. The Bertz CT molecular complexity index is 365. The smallest absolute Gasteiger partial charge is 0.157 e. The lowest BCUT2D eigenvalue weighted by atomic mass is 10.0. The molecule has 5 heteroatoms. The Hall–Kier alpha value is -1.30. The largest absolute Gasteiger partial charge is 0.504 e. The highest BCUT2D eigenvalue weighted by atomic mass is 16.5. The predicted molar refractivity (Wildman–Crippen MR) is 50.5 cm³/mol. The number of aliphatic hydroxyl groups is 2. The summed E-state index contributed by atoms with van der Waals surface area (Å²) in [7, 11) is 0. The summed E-state index contributed by atoms with van der Waals surface area (Å²) in [6, 6.07) is 4.15. The van der Waals surface area contributed by atoms with Crippen LogP contribution in [-0.2, 0) is 4.74 Å². The van der Waals surface area contributed by atoms with Gasteiger partial charge in [0.15, 0.2) is 11.5 Å². The Labute approximate surface area is 86.2 Å². The average Bonchev–Trinajstić information content (AvgIpc) is 2.53. The summed E-state index contributed by atoms with van der Waals surface area (Å²) in [6.45, 7) is 0.0630. The summed E-state index contributed by atoms with van der Waals surface area (Å²) >= 11 is 0. The van der Waals surface area contributed by atoms with Gasteiger partial charge in [-0.2, -0.15) is 0 Å². The molecule has 1 heterocycles. The van der Waals surface area contributed by atoms with Gasteiger partial charge in [0.2, 0.25) is 0 Å². The molecular weight excluding hydrogens is 200 g/mol. The third kappa shape index (κ3) is 1.77. The number of phenols is 2. The lowest BCUT2D eigenvalue weighted by molar-refractivity contribution is 0.0224. The van der Waals surface area contributed by atoms with Crippen molar-refractivity contribution in [3.05, 3.63) is 23.8 Å². The van der Waals surface area contributed by atoms with Crippen LogP contribution in [0.4, 0.5) is 0 Å². The third-order valence-electron chi connectivity index (χ3n) is 2.48. The zero-order valence-electron chi connectivity index (χ0n) is 7.87. The van der Waals surface area contributed by atoms with E-state index in [2.05, 4.69) is 0 Å². The molecule has 0 saturated carbocycles. The summed E-state index contributed by atoms with van der Waals surface area (Å²) in [6.07, 6.45) is -2.58. The molecule has 2 rings (SSSR count). The van der Waals surface area contributed by atoms with Crippen LogP contribution in [0.3, 0.4) is 0 Å². The standard InChI is InChI=1S/C10H12O5/c11-6-2-1-5(3-7(6)12)10-9(14)8(13)4-15-10/h1-3,8-14H,4H2/t8-,9-,10+/m0/s1. The minimum absolute atomic E-state index is 0.0630. The van der Waals surface area contributed by atoms with E-state index in [0.717, 1.165) is 0 Å². The number of aliphatic hydroxyl groups excluding tert-OH is 2. The molecule has 0 spiro atoms. The summed E-state index contributed by atoms with van der Waals surface area (Å²) < 4.78 is 5.17. The molecule has 0 aliphatic carbocycles. The number of benzene rings is 1. The molecule has 1 aliphatic rings. The van der Waals surface area contributed by atoms with Crippen molar-refractivity contribution in [1.82, 2.24) is 0 Å². The van der Waals surface area contributed by atoms with E-state index in [-0.39, 0.29) is 18.1 Å². The number of aromatic hydroxyl groups is 2. The molecule has 0 radical (unpaired) electrons. The highest BCUT2D eigenvalue weighted by molar-refractivity contribution is 5.41. The van der Waals surface area contributed by atoms with Gasteiger partial charge in [0.05, 0.1) is 6.61 Å². The normalized spacial score (nSPS) is 30.7. The molecule has 4 N–H and O–H groups in total. The Morgan fingerprint density at radius 1 is 1.13 bits per heavy atom. The predicted octanol–water partition coefficient (Wildman–Crippen LogP) is -0.109. The number of hydrogen-bond acceptors (Lipinski definition) is 5. The van der Waals surface area contributed by atoms with Crippen molar-refractivity contribution < 1.29 is 25.2 Å². The van der Waals surface area contributed by atoms with Crippen LogP contribution in [0.5, 0.6) is 11.5 Å². The molecule has 5 nitrogen and oxygen atoms in total. The molecule has 0 amide bonds. The average molecular weight is 212 g/mol. The van der Waals surface area contributed by atoms with Gasteiger partial charge in [-0.05, 0) is 17.7 Å². The molecule has 82 valence electrons. The molecule has 15 heavy (non-hydrogen) atoms. The SMILES string of the molecule is Oc1ccc([C@H]2OC[C@H](O)[C@@H]2O)cc1O. The first-order valence-electron chi connectivity index (χ1n) is 4.59. The van der Waals surface area contributed by atoms with E-state index in [4.69, 9.17) is 9.84 Å². The van der Waals surface area contributed by atoms with Crippen molar-refractivity contribution in [1.29, 1.82) is 0 Å². The lowest BCUT2D eigenvalue weighted by Gasteiger charge is -2.15. The summed E-state index contributed by atoms with van der Waals surface area (Å²) in [5.41, 5.74) is 0.523. The quantitative estimate of drug-likeness (QED) is 0.488. The molecule has 0 aromatic heterocycles. The van der Waals surface area contributed by atoms with Crippen LogP contribution >= 0.6 is 0 Å². The lowest BCUT2D eigenvalue weighted by Crippen LogP contribution is -2.25. The Kier molecular flexibility index (Phi) is 2.52. The van der Waals surface area contributed by atoms with E-state index in [1.165, 1.54) is 18.2 Å². The topological polar surface area (TPSA) is 90.2 Å². The van der Waals surface area contributed by atoms with Crippen LogP contribution in [0.1, 0.15) is 11.7 Å². The first-order chi connectivity index (χ1) is 7.09. The summed E-state index contributed by atoms with van der Waals surface area (Å²) in [5, 5.41) is 37.2. The Morgan fingerprint density at radius 3 is 2.40 bits per heavy atom. The number of phenolic OH excluding ortho intramolecular Hbond substituents is 2. The van der Waals surface area contributed by atoms with Crippen molar-refractivity contribution in [2.45, 2.75) is 18.3 Å². The second-order valence-corrected chi connectivity index (χ2v) is 3.56. The number of rotatable bonds is 1. The number of ether oxygens (including phenoxy) is 1. The van der Waals surface area contributed by atoms with Gasteiger partial charge in [0.1, 0.15) is 18.3 Å². The Morgan fingerprint density at radius 2 is 1.87 bits per heavy atom. The van der Waals surface area contributed by atoms with Crippen molar-refractivity contribution in [2.75, 3.05) is 6.61 Å². The first-order valence-corrected chi connectivity index (χ1v) is 4.59. The van der Waals surface area contributed by atoms with Gasteiger partial charge >= 0.3 is 0 Å². The van der Waals surface area contributed by atoms with E-state index in [0.29, 0.717) is 5.56 Å². The fourth-order valence-corrected chi connectivity index (χ4v) is 1.61. The van der Waals surface area contributed by atoms with Crippen molar-refractivity contribution in [3.8, 4) is 11.5 Å². The van der Waals surface area contributed by atoms with E-state index in [1.807, 2.05) is 0 Å². The summed E-state index contributed by atoms with van der Waals surface area (Å²) in [4.78, 5) is 0. The summed E-state index contributed by atoms with van der Waals surface area (Å²) in [5.74, 6) is -0.503. The second kappa shape index (κ2) is 3.69. The van der Waals surface area contributed by atoms with E-state index >= 15 is 0 Å².